The molecule has 1 aromatic rings. The fourth-order valence-electron chi connectivity index (χ4n) is 5.61. The molecule has 1 aromatic carbocycles. The first-order chi connectivity index (χ1) is 15.9. The number of halogens is 1. The molecule has 1 unspecified atom stereocenters. The van der Waals surface area contributed by atoms with Crippen LogP contribution in [-0.4, -0.2) is 50.6 Å². The highest BCUT2D eigenvalue weighted by atomic mass is 35.5. The van der Waals surface area contributed by atoms with Crippen LogP contribution in [-0.2, 0) is 24.2 Å². The lowest BCUT2D eigenvalue weighted by Crippen LogP contribution is -2.63. The lowest BCUT2D eigenvalue weighted by atomic mass is 9.63. The number of carbonyl (C=O) groups excluding carboxylic acids is 2. The van der Waals surface area contributed by atoms with E-state index in [0.717, 1.165) is 37.7 Å². The zero-order valence-electron chi connectivity index (χ0n) is 21.9. The average molecular weight is 508 g/mol. The largest absolute Gasteiger partial charge is 0.461 e. The van der Waals surface area contributed by atoms with Crippen molar-refractivity contribution in [1.29, 1.82) is 0 Å². The third-order valence-corrected chi connectivity index (χ3v) is 8.30. The normalized spacial score (nSPS) is 23.5. The van der Waals surface area contributed by atoms with Gasteiger partial charge in [-0.25, -0.2) is 4.79 Å². The van der Waals surface area contributed by atoms with E-state index in [0.29, 0.717) is 11.6 Å². The molecule has 0 aromatic heterocycles. The number of hydrogen-bond donors (Lipinski definition) is 0. The van der Waals surface area contributed by atoms with E-state index in [4.69, 9.17) is 20.8 Å². The highest BCUT2D eigenvalue weighted by Gasteiger charge is 2.54. The second-order valence-electron chi connectivity index (χ2n) is 11.6. The summed E-state index contributed by atoms with van der Waals surface area (Å²) in [5, 5.41) is 0.658. The zero-order chi connectivity index (χ0) is 25.3. The minimum absolute atomic E-state index is 0.0472. The predicted molar refractivity (Wildman–Crippen MR) is 140 cm³/mol. The van der Waals surface area contributed by atoms with Crippen LogP contribution in [0.1, 0.15) is 72.3 Å². The van der Waals surface area contributed by atoms with Gasteiger partial charge in [0.25, 0.3) is 0 Å². The number of likely N-dealkylation sites (tertiary alicyclic amines) is 1. The van der Waals surface area contributed by atoms with Gasteiger partial charge in [-0.05, 0) is 75.7 Å². The molecule has 3 atom stereocenters. The molecule has 190 valence electrons. The van der Waals surface area contributed by atoms with Gasteiger partial charge < -0.3 is 14.1 Å². The molecule has 1 amide bonds. The first-order valence-electron chi connectivity index (χ1n) is 12.8. The summed E-state index contributed by atoms with van der Waals surface area (Å²) in [5.74, 6) is -0.353. The molecule has 1 saturated carbocycles. The molecule has 0 radical (unpaired) electrons. The summed E-state index contributed by atoms with van der Waals surface area (Å²) in [6.45, 7) is 15.1. The topological polar surface area (TPSA) is 55.8 Å². The van der Waals surface area contributed by atoms with E-state index in [1.165, 1.54) is 0 Å². The Hall–Kier alpha value is -1.37. The molecule has 1 saturated heterocycles. The SMILES string of the molecule is CC(C)OC(=O)[C@@H]1[C@H](C(O[SiH](C)C)C(C)(C)C)CCCN1C(=O)C1(c2ccc(Cl)cc2)CCC1. The lowest BCUT2D eigenvalue weighted by molar-refractivity contribution is -0.170. The minimum Gasteiger partial charge on any atom is -0.461 e. The van der Waals surface area contributed by atoms with Crippen molar-refractivity contribution in [3.8, 4) is 0 Å². The number of piperidine rings is 1. The van der Waals surface area contributed by atoms with Gasteiger partial charge in [0.1, 0.15) is 6.04 Å². The minimum atomic E-state index is -1.38. The van der Waals surface area contributed by atoms with E-state index in [2.05, 4.69) is 33.9 Å². The Morgan fingerprint density at radius 1 is 1.12 bits per heavy atom. The number of ether oxygens (including phenoxy) is 1. The molecule has 0 bridgehead atoms. The van der Waals surface area contributed by atoms with Crippen LogP contribution in [0.4, 0.5) is 0 Å². The van der Waals surface area contributed by atoms with Crippen LogP contribution in [0, 0.1) is 11.3 Å². The Labute approximate surface area is 212 Å². The Morgan fingerprint density at radius 3 is 2.21 bits per heavy atom. The van der Waals surface area contributed by atoms with Crippen LogP contribution in [0.25, 0.3) is 0 Å². The van der Waals surface area contributed by atoms with Crippen molar-refractivity contribution in [2.24, 2.45) is 11.3 Å². The second kappa shape index (κ2) is 10.7. The summed E-state index contributed by atoms with van der Waals surface area (Å²) in [7, 11) is -1.38. The van der Waals surface area contributed by atoms with Crippen LogP contribution < -0.4 is 0 Å². The van der Waals surface area contributed by atoms with E-state index >= 15 is 0 Å². The van der Waals surface area contributed by atoms with E-state index in [9.17, 15) is 9.59 Å². The summed E-state index contributed by atoms with van der Waals surface area (Å²) in [6.07, 6.45) is 3.92. The quantitative estimate of drug-likeness (QED) is 0.349. The molecule has 1 aliphatic carbocycles. The fraction of sp³-hybridized carbons (Fsp3) is 0.704. The van der Waals surface area contributed by atoms with Gasteiger partial charge >= 0.3 is 5.97 Å². The smallest absolute Gasteiger partial charge is 0.329 e. The zero-order valence-corrected chi connectivity index (χ0v) is 23.8. The Bertz CT molecular complexity index is 860. The summed E-state index contributed by atoms with van der Waals surface area (Å²) in [5.41, 5.74) is 0.243. The van der Waals surface area contributed by atoms with Gasteiger partial charge in [0.15, 0.2) is 9.04 Å². The van der Waals surface area contributed by atoms with Crippen molar-refractivity contribution in [3.05, 3.63) is 34.9 Å². The van der Waals surface area contributed by atoms with E-state index in [-0.39, 0.29) is 35.4 Å². The molecule has 2 fully saturated rings. The molecule has 2 aliphatic rings. The monoisotopic (exact) mass is 507 g/mol. The van der Waals surface area contributed by atoms with E-state index in [1.54, 1.807) is 0 Å². The van der Waals surface area contributed by atoms with E-state index < -0.39 is 20.5 Å². The third-order valence-electron chi connectivity index (χ3n) is 7.21. The number of nitrogens with zero attached hydrogens (tertiary/aromatic N) is 1. The van der Waals surface area contributed by atoms with Gasteiger partial charge in [-0.2, -0.15) is 0 Å². The Balaban J connectivity index is 2.02. The van der Waals surface area contributed by atoms with Crippen molar-refractivity contribution in [2.45, 2.75) is 103 Å². The van der Waals surface area contributed by atoms with Gasteiger partial charge in [-0.1, -0.05) is 50.9 Å². The Morgan fingerprint density at radius 2 is 1.74 bits per heavy atom. The molecular formula is C27H42ClNO4Si. The van der Waals surface area contributed by atoms with Crippen LogP contribution in [0.3, 0.4) is 0 Å². The Kier molecular flexibility index (Phi) is 8.57. The predicted octanol–water partition coefficient (Wildman–Crippen LogP) is 5.74. The van der Waals surface area contributed by atoms with Crippen molar-refractivity contribution in [3.63, 3.8) is 0 Å². The summed E-state index contributed by atoms with van der Waals surface area (Å²) < 4.78 is 12.3. The summed E-state index contributed by atoms with van der Waals surface area (Å²) in [6, 6.07) is 7.00. The van der Waals surface area contributed by atoms with Gasteiger partial charge in [0.2, 0.25) is 5.91 Å². The van der Waals surface area contributed by atoms with Crippen molar-refractivity contribution < 1.29 is 18.8 Å². The number of hydrogen-bond acceptors (Lipinski definition) is 4. The maximum absolute atomic E-state index is 14.3. The number of benzene rings is 1. The van der Waals surface area contributed by atoms with Gasteiger partial charge in [-0.3, -0.25) is 4.79 Å². The second-order valence-corrected chi connectivity index (χ2v) is 14.5. The van der Waals surface area contributed by atoms with Crippen LogP contribution >= 0.6 is 11.6 Å². The fourth-order valence-corrected chi connectivity index (χ4v) is 6.94. The van der Waals surface area contributed by atoms with Crippen molar-refractivity contribution in [1.82, 2.24) is 4.90 Å². The maximum Gasteiger partial charge on any atom is 0.329 e. The molecular weight excluding hydrogens is 466 g/mol. The molecule has 0 N–H and O–H groups in total. The molecule has 34 heavy (non-hydrogen) atoms. The first kappa shape index (κ1) is 27.2. The first-order valence-corrected chi connectivity index (χ1v) is 16.0. The summed E-state index contributed by atoms with van der Waals surface area (Å²) in [4.78, 5) is 29.7. The number of esters is 1. The molecule has 3 rings (SSSR count). The van der Waals surface area contributed by atoms with Gasteiger partial charge in [-0.15, -0.1) is 0 Å². The van der Waals surface area contributed by atoms with E-state index in [1.807, 2.05) is 43.0 Å². The number of rotatable bonds is 7. The highest BCUT2D eigenvalue weighted by molar-refractivity contribution is 6.48. The standard InChI is InChI=1S/C27H42ClNO4Si/c1-18(2)32-24(30)22-21(23(26(3,4)5)33-34(6)7)10-8-17-29(22)25(31)27(15-9-16-27)19-11-13-20(28)14-12-19/h11-14,18,21-23,34H,8-10,15-17H2,1-7H3/t21-,22+,23?/m1/s1. The molecule has 0 spiro atoms. The van der Waals surface area contributed by atoms with Crippen molar-refractivity contribution >= 4 is 32.5 Å². The highest BCUT2D eigenvalue weighted by Crippen LogP contribution is 2.47. The maximum atomic E-state index is 14.3. The van der Waals surface area contributed by atoms with Crippen LogP contribution in [0.2, 0.25) is 18.1 Å². The molecule has 7 heteroatoms. The average Bonchev–Trinajstić information content (AvgIpc) is 2.70. The number of amides is 1. The van der Waals surface area contributed by atoms with Gasteiger partial charge in [0.05, 0.1) is 17.6 Å². The third kappa shape index (κ3) is 5.71. The molecule has 1 aliphatic heterocycles. The molecule has 5 nitrogen and oxygen atoms in total. The lowest BCUT2D eigenvalue weighted by Gasteiger charge is -2.51. The summed E-state index contributed by atoms with van der Waals surface area (Å²) >= 11 is 6.14. The van der Waals surface area contributed by atoms with Crippen LogP contribution in [0.15, 0.2) is 24.3 Å². The van der Waals surface area contributed by atoms with Crippen LogP contribution in [0.5, 0.6) is 0 Å². The molecule has 1 heterocycles. The van der Waals surface area contributed by atoms with Crippen molar-refractivity contribution in [2.75, 3.05) is 6.54 Å². The van der Waals surface area contributed by atoms with Gasteiger partial charge in [0, 0.05) is 17.5 Å². The number of carbonyl (C=O) groups is 2.